The number of carbonyl (C=O) groups is 1. The van der Waals surface area contributed by atoms with Crippen LogP contribution in [0.15, 0.2) is 30.3 Å². The molecule has 1 fully saturated rings. The Morgan fingerprint density at radius 2 is 1.84 bits per heavy atom. The topological polar surface area (TPSA) is 63.7 Å². The average molecular weight is 457 g/mol. The summed E-state index contributed by atoms with van der Waals surface area (Å²) < 4.78 is 0. The summed E-state index contributed by atoms with van der Waals surface area (Å²) in [6.07, 6.45) is 1.54. The molecule has 3 rings (SSSR count). The van der Waals surface area contributed by atoms with E-state index in [-0.39, 0.29) is 5.91 Å². The summed E-state index contributed by atoms with van der Waals surface area (Å²) in [6.45, 7) is 13.4. The lowest BCUT2D eigenvalue weighted by molar-refractivity contribution is -0.131. The van der Waals surface area contributed by atoms with Gasteiger partial charge >= 0.3 is 0 Å². The molecule has 2 N–H and O–H groups in total. The molecule has 0 saturated carbocycles. The summed E-state index contributed by atoms with van der Waals surface area (Å²) in [5.74, 6) is 1.23. The van der Waals surface area contributed by atoms with E-state index in [9.17, 15) is 4.79 Å². The Balaban J connectivity index is 1.55. The monoisotopic (exact) mass is 456 g/mol. The van der Waals surface area contributed by atoms with Crippen molar-refractivity contribution < 1.29 is 4.79 Å². The van der Waals surface area contributed by atoms with Crippen LogP contribution in [-0.2, 0) is 4.79 Å². The number of anilines is 2. The fourth-order valence-corrected chi connectivity index (χ4v) is 4.19. The second-order valence-electron chi connectivity index (χ2n) is 8.10. The van der Waals surface area contributed by atoms with E-state index >= 15 is 0 Å². The van der Waals surface area contributed by atoms with E-state index < -0.39 is 0 Å². The first-order valence-corrected chi connectivity index (χ1v) is 12.2. The van der Waals surface area contributed by atoms with Gasteiger partial charge < -0.3 is 25.3 Å². The molecule has 8 heteroatoms. The highest BCUT2D eigenvalue weighted by Crippen LogP contribution is 2.22. The minimum Gasteiger partial charge on any atom is -0.361 e. The minimum atomic E-state index is 0.263. The number of amides is 1. The number of nitrogens with one attached hydrogen (secondary N) is 2. The van der Waals surface area contributed by atoms with Gasteiger partial charge in [-0.3, -0.25) is 4.79 Å². The van der Waals surface area contributed by atoms with Gasteiger partial charge in [-0.15, -0.1) is 0 Å². The van der Waals surface area contributed by atoms with E-state index in [2.05, 4.69) is 52.5 Å². The molecule has 1 aliphatic rings. The first-order chi connectivity index (χ1) is 15.5. The third-order valence-electron chi connectivity index (χ3n) is 5.96. The molecule has 0 spiro atoms. The van der Waals surface area contributed by atoms with Crippen LogP contribution < -0.4 is 15.5 Å². The third-order valence-corrected chi connectivity index (χ3v) is 6.21. The maximum atomic E-state index is 12.1. The number of benzene rings is 1. The zero-order valence-corrected chi connectivity index (χ0v) is 20.4. The molecule has 1 saturated heterocycles. The van der Waals surface area contributed by atoms with Crippen LogP contribution in [0.25, 0.3) is 10.9 Å². The standard InChI is InChI=1S/C24H36N6OS/c1-4-7-23(31)30-16-14-29(15-17-30)22-11-8-19-18-20(9-10-21(19)27-22)26-24(32)25-12-13-28(5-2)6-3/h8-11,18H,4-7,12-17H2,1-3H3,(H2,25,26,32). The normalized spacial score (nSPS) is 14.1. The summed E-state index contributed by atoms with van der Waals surface area (Å²) in [4.78, 5) is 23.6. The lowest BCUT2D eigenvalue weighted by atomic mass is 10.2. The van der Waals surface area contributed by atoms with Gasteiger partial charge in [-0.1, -0.05) is 20.8 Å². The average Bonchev–Trinajstić information content (AvgIpc) is 2.82. The Morgan fingerprint density at radius 1 is 1.09 bits per heavy atom. The molecule has 1 aliphatic heterocycles. The molecule has 2 aromatic rings. The van der Waals surface area contributed by atoms with Crippen molar-refractivity contribution in [2.75, 3.05) is 62.6 Å². The first-order valence-electron chi connectivity index (χ1n) is 11.7. The van der Waals surface area contributed by atoms with Crippen LogP contribution >= 0.6 is 12.2 Å². The van der Waals surface area contributed by atoms with Crippen LogP contribution in [0.5, 0.6) is 0 Å². The van der Waals surface area contributed by atoms with E-state index in [1.54, 1.807) is 0 Å². The van der Waals surface area contributed by atoms with E-state index in [1.165, 1.54) is 0 Å². The highest BCUT2D eigenvalue weighted by atomic mass is 32.1. The zero-order valence-electron chi connectivity index (χ0n) is 19.6. The number of rotatable bonds is 9. The quantitative estimate of drug-likeness (QED) is 0.561. The van der Waals surface area contributed by atoms with Crippen molar-refractivity contribution in [2.45, 2.75) is 33.6 Å². The lowest BCUT2D eigenvalue weighted by Gasteiger charge is -2.35. The number of likely N-dealkylation sites (N-methyl/N-ethyl adjacent to an activating group) is 1. The van der Waals surface area contributed by atoms with Crippen LogP contribution in [0.1, 0.15) is 33.6 Å². The molecular formula is C24H36N6OS. The van der Waals surface area contributed by atoms with Crippen LogP contribution in [0.4, 0.5) is 11.5 Å². The van der Waals surface area contributed by atoms with E-state index in [1.807, 2.05) is 24.0 Å². The molecule has 0 aliphatic carbocycles. The van der Waals surface area contributed by atoms with Crippen molar-refractivity contribution in [3.8, 4) is 0 Å². The Bertz CT molecular complexity index is 908. The second-order valence-corrected chi connectivity index (χ2v) is 8.51. The predicted molar refractivity (Wildman–Crippen MR) is 137 cm³/mol. The molecule has 0 bridgehead atoms. The van der Waals surface area contributed by atoms with E-state index in [4.69, 9.17) is 17.2 Å². The van der Waals surface area contributed by atoms with Gasteiger partial charge in [0.15, 0.2) is 5.11 Å². The van der Waals surface area contributed by atoms with Gasteiger partial charge in [0, 0.05) is 56.8 Å². The number of thiocarbonyl (C=S) groups is 1. The zero-order chi connectivity index (χ0) is 22.9. The fraction of sp³-hybridized carbons (Fsp3) is 0.542. The van der Waals surface area contributed by atoms with Gasteiger partial charge in [-0.05, 0) is 62.1 Å². The number of hydrogen-bond acceptors (Lipinski definition) is 5. The number of carbonyl (C=O) groups excluding carboxylic acids is 1. The Labute approximate surface area is 197 Å². The highest BCUT2D eigenvalue weighted by molar-refractivity contribution is 7.80. The van der Waals surface area contributed by atoms with E-state index in [0.717, 1.165) is 81.2 Å². The van der Waals surface area contributed by atoms with Gasteiger partial charge in [0.1, 0.15) is 5.82 Å². The number of hydrogen-bond donors (Lipinski definition) is 2. The van der Waals surface area contributed by atoms with Crippen LogP contribution in [0, 0.1) is 0 Å². The number of pyridine rings is 1. The maximum absolute atomic E-state index is 12.1. The smallest absolute Gasteiger partial charge is 0.222 e. The van der Waals surface area contributed by atoms with Crippen molar-refractivity contribution in [2.24, 2.45) is 0 Å². The van der Waals surface area contributed by atoms with Crippen molar-refractivity contribution in [3.63, 3.8) is 0 Å². The van der Waals surface area contributed by atoms with Gasteiger partial charge in [0.25, 0.3) is 0 Å². The van der Waals surface area contributed by atoms with Crippen LogP contribution in [-0.4, -0.2) is 78.2 Å². The SMILES string of the molecule is CCCC(=O)N1CCN(c2ccc3cc(NC(=S)NCCN(CC)CC)ccc3n2)CC1. The maximum Gasteiger partial charge on any atom is 0.222 e. The Kier molecular flexibility index (Phi) is 9.05. The van der Waals surface area contributed by atoms with Gasteiger partial charge in [0.2, 0.25) is 5.91 Å². The summed E-state index contributed by atoms with van der Waals surface area (Å²) >= 11 is 5.44. The molecule has 0 unspecified atom stereocenters. The Morgan fingerprint density at radius 3 is 2.53 bits per heavy atom. The first kappa shape index (κ1) is 24.2. The molecule has 174 valence electrons. The Hall–Kier alpha value is -2.45. The van der Waals surface area contributed by atoms with Gasteiger partial charge in [0.05, 0.1) is 5.52 Å². The molecule has 1 aromatic carbocycles. The van der Waals surface area contributed by atoms with Crippen molar-refractivity contribution in [3.05, 3.63) is 30.3 Å². The van der Waals surface area contributed by atoms with Gasteiger partial charge in [-0.25, -0.2) is 4.98 Å². The number of piperazine rings is 1. The van der Waals surface area contributed by atoms with Crippen LogP contribution in [0.2, 0.25) is 0 Å². The molecule has 0 radical (unpaired) electrons. The van der Waals surface area contributed by atoms with Crippen molar-refractivity contribution >= 4 is 45.6 Å². The molecule has 2 heterocycles. The predicted octanol–water partition coefficient (Wildman–Crippen LogP) is 3.31. The second kappa shape index (κ2) is 12.0. The summed E-state index contributed by atoms with van der Waals surface area (Å²) in [5, 5.41) is 8.26. The summed E-state index contributed by atoms with van der Waals surface area (Å²) in [6, 6.07) is 10.3. The van der Waals surface area contributed by atoms with Crippen molar-refractivity contribution in [1.29, 1.82) is 0 Å². The largest absolute Gasteiger partial charge is 0.361 e. The minimum absolute atomic E-state index is 0.263. The molecule has 1 amide bonds. The molecule has 1 aromatic heterocycles. The van der Waals surface area contributed by atoms with Crippen molar-refractivity contribution in [1.82, 2.24) is 20.1 Å². The molecule has 32 heavy (non-hydrogen) atoms. The highest BCUT2D eigenvalue weighted by Gasteiger charge is 2.21. The number of nitrogens with zero attached hydrogens (tertiary/aromatic N) is 4. The van der Waals surface area contributed by atoms with E-state index in [0.29, 0.717) is 11.5 Å². The summed E-state index contributed by atoms with van der Waals surface area (Å²) in [7, 11) is 0. The van der Waals surface area contributed by atoms with Crippen LogP contribution in [0.3, 0.4) is 0 Å². The molecule has 0 atom stereocenters. The van der Waals surface area contributed by atoms with Gasteiger partial charge in [-0.2, -0.15) is 0 Å². The lowest BCUT2D eigenvalue weighted by Crippen LogP contribution is -2.49. The molecule has 7 nitrogen and oxygen atoms in total. The number of fused-ring (bicyclic) bond motifs is 1. The number of aromatic nitrogens is 1. The molecular weight excluding hydrogens is 420 g/mol. The fourth-order valence-electron chi connectivity index (χ4n) is 3.97. The summed E-state index contributed by atoms with van der Waals surface area (Å²) in [5.41, 5.74) is 1.91. The third kappa shape index (κ3) is 6.53.